The highest BCUT2D eigenvalue weighted by Crippen LogP contribution is 2.11. The van der Waals surface area contributed by atoms with Crippen molar-refractivity contribution in [1.29, 1.82) is 0 Å². The monoisotopic (exact) mass is 259 g/mol. The molecule has 0 unspecified atom stereocenters. The molecule has 0 aliphatic rings. The fraction of sp³-hybridized carbons (Fsp3) is 0.429. The normalized spacial score (nSPS) is 11.0. The number of pyridine rings is 1. The van der Waals surface area contributed by atoms with E-state index in [-0.39, 0.29) is 0 Å². The van der Waals surface area contributed by atoms with Gasteiger partial charge in [0.15, 0.2) is 0 Å². The van der Waals surface area contributed by atoms with Crippen molar-refractivity contribution < 1.29 is 0 Å². The van der Waals surface area contributed by atoms with Crippen molar-refractivity contribution in [1.82, 2.24) is 19.7 Å². The van der Waals surface area contributed by atoms with E-state index in [0.29, 0.717) is 0 Å². The Morgan fingerprint density at radius 2 is 2.16 bits per heavy atom. The number of nitrogens with one attached hydrogen (secondary N) is 1. The molecule has 5 heteroatoms. The number of anilines is 1. The van der Waals surface area contributed by atoms with Crippen molar-refractivity contribution in [2.45, 2.75) is 20.0 Å². The van der Waals surface area contributed by atoms with Gasteiger partial charge in [0.1, 0.15) is 5.82 Å². The summed E-state index contributed by atoms with van der Waals surface area (Å²) < 4.78 is 1.88. The van der Waals surface area contributed by atoms with E-state index in [1.807, 2.05) is 30.2 Å². The SMILES string of the molecule is Cc1c(CNc2cc(CN(C)C)ccn2)cnn1C. The van der Waals surface area contributed by atoms with Crippen LogP contribution in [0.4, 0.5) is 5.82 Å². The minimum absolute atomic E-state index is 0.748. The van der Waals surface area contributed by atoms with Crippen LogP contribution < -0.4 is 5.32 Å². The summed E-state index contributed by atoms with van der Waals surface area (Å²) in [5.74, 6) is 0.905. The average Bonchev–Trinajstić information content (AvgIpc) is 2.67. The molecule has 0 aromatic carbocycles. The van der Waals surface area contributed by atoms with Gasteiger partial charge in [-0.3, -0.25) is 4.68 Å². The van der Waals surface area contributed by atoms with Gasteiger partial charge in [0, 0.05) is 37.6 Å². The second-order valence-electron chi connectivity index (χ2n) is 5.02. The topological polar surface area (TPSA) is 46.0 Å². The second kappa shape index (κ2) is 5.84. The molecule has 0 saturated heterocycles. The van der Waals surface area contributed by atoms with Gasteiger partial charge in [0.05, 0.1) is 6.20 Å². The fourth-order valence-electron chi connectivity index (χ4n) is 1.94. The summed E-state index contributed by atoms with van der Waals surface area (Å²) in [6.07, 6.45) is 3.74. The van der Waals surface area contributed by atoms with Gasteiger partial charge in [-0.15, -0.1) is 0 Å². The Hall–Kier alpha value is -1.88. The Morgan fingerprint density at radius 3 is 2.79 bits per heavy atom. The molecule has 0 fully saturated rings. The van der Waals surface area contributed by atoms with Gasteiger partial charge in [-0.2, -0.15) is 5.10 Å². The highest BCUT2D eigenvalue weighted by molar-refractivity contribution is 5.38. The van der Waals surface area contributed by atoms with E-state index >= 15 is 0 Å². The summed E-state index contributed by atoms with van der Waals surface area (Å²) >= 11 is 0. The molecule has 19 heavy (non-hydrogen) atoms. The van der Waals surface area contributed by atoms with E-state index in [0.717, 1.165) is 18.9 Å². The lowest BCUT2D eigenvalue weighted by Crippen LogP contribution is -2.11. The number of hydrogen-bond donors (Lipinski definition) is 1. The Labute approximate surface area is 114 Å². The smallest absolute Gasteiger partial charge is 0.126 e. The van der Waals surface area contributed by atoms with E-state index in [1.165, 1.54) is 16.8 Å². The lowest BCUT2D eigenvalue weighted by molar-refractivity contribution is 0.402. The van der Waals surface area contributed by atoms with E-state index in [1.54, 1.807) is 0 Å². The quantitative estimate of drug-likeness (QED) is 0.889. The summed E-state index contributed by atoms with van der Waals surface area (Å²) in [4.78, 5) is 6.48. The number of aromatic nitrogens is 3. The maximum atomic E-state index is 4.34. The van der Waals surface area contributed by atoms with Gasteiger partial charge >= 0.3 is 0 Å². The van der Waals surface area contributed by atoms with Crippen molar-refractivity contribution in [3.05, 3.63) is 41.3 Å². The molecule has 1 N–H and O–H groups in total. The van der Waals surface area contributed by atoms with Crippen LogP contribution in [0.3, 0.4) is 0 Å². The summed E-state index contributed by atoms with van der Waals surface area (Å²) in [5.41, 5.74) is 3.63. The van der Waals surface area contributed by atoms with E-state index in [2.05, 4.69) is 47.4 Å². The van der Waals surface area contributed by atoms with Gasteiger partial charge in [0.2, 0.25) is 0 Å². The molecule has 0 aliphatic heterocycles. The second-order valence-corrected chi connectivity index (χ2v) is 5.02. The van der Waals surface area contributed by atoms with Gasteiger partial charge in [-0.25, -0.2) is 4.98 Å². The Kier molecular flexibility index (Phi) is 4.16. The molecule has 0 amide bonds. The van der Waals surface area contributed by atoms with Crippen molar-refractivity contribution in [3.63, 3.8) is 0 Å². The molecule has 2 rings (SSSR count). The third kappa shape index (κ3) is 3.54. The van der Waals surface area contributed by atoms with Gasteiger partial charge < -0.3 is 10.2 Å². The van der Waals surface area contributed by atoms with Gasteiger partial charge in [-0.1, -0.05) is 0 Å². The Balaban J connectivity index is 2.01. The molecule has 0 aliphatic carbocycles. The first-order valence-corrected chi connectivity index (χ1v) is 6.37. The third-order valence-electron chi connectivity index (χ3n) is 3.12. The van der Waals surface area contributed by atoms with Crippen LogP contribution in [0.2, 0.25) is 0 Å². The summed E-state index contributed by atoms with van der Waals surface area (Å²) in [6, 6.07) is 4.13. The molecule has 0 spiro atoms. The van der Waals surface area contributed by atoms with Crippen molar-refractivity contribution in [2.24, 2.45) is 7.05 Å². The number of nitrogens with zero attached hydrogens (tertiary/aromatic N) is 4. The van der Waals surface area contributed by atoms with Crippen LogP contribution in [0.15, 0.2) is 24.5 Å². The summed E-state index contributed by atoms with van der Waals surface area (Å²) in [5, 5.41) is 7.58. The molecule has 2 aromatic rings. The number of hydrogen-bond acceptors (Lipinski definition) is 4. The lowest BCUT2D eigenvalue weighted by Gasteiger charge is -2.11. The predicted molar refractivity (Wildman–Crippen MR) is 76.9 cm³/mol. The van der Waals surface area contributed by atoms with Crippen molar-refractivity contribution in [3.8, 4) is 0 Å². The highest BCUT2D eigenvalue weighted by Gasteiger charge is 2.04. The largest absolute Gasteiger partial charge is 0.366 e. The molecule has 2 heterocycles. The van der Waals surface area contributed by atoms with Gasteiger partial charge in [0.25, 0.3) is 0 Å². The van der Waals surface area contributed by atoms with Crippen LogP contribution in [0.1, 0.15) is 16.8 Å². The molecule has 5 nitrogen and oxygen atoms in total. The van der Waals surface area contributed by atoms with Crippen LogP contribution >= 0.6 is 0 Å². The first kappa shape index (κ1) is 13.5. The first-order valence-electron chi connectivity index (χ1n) is 6.37. The van der Waals surface area contributed by atoms with Crippen LogP contribution in [-0.2, 0) is 20.1 Å². The van der Waals surface area contributed by atoms with Crippen LogP contribution in [0.25, 0.3) is 0 Å². The van der Waals surface area contributed by atoms with Crippen LogP contribution in [0, 0.1) is 6.92 Å². The minimum Gasteiger partial charge on any atom is -0.366 e. The van der Waals surface area contributed by atoms with E-state index in [4.69, 9.17) is 0 Å². The average molecular weight is 259 g/mol. The number of rotatable bonds is 5. The van der Waals surface area contributed by atoms with E-state index < -0.39 is 0 Å². The molecular weight excluding hydrogens is 238 g/mol. The number of aryl methyl sites for hydroxylation is 1. The fourth-order valence-corrected chi connectivity index (χ4v) is 1.94. The zero-order valence-electron chi connectivity index (χ0n) is 12.0. The molecule has 0 atom stereocenters. The molecule has 0 saturated carbocycles. The highest BCUT2D eigenvalue weighted by atomic mass is 15.3. The third-order valence-corrected chi connectivity index (χ3v) is 3.12. The zero-order chi connectivity index (χ0) is 13.8. The Bertz CT molecular complexity index is 545. The maximum Gasteiger partial charge on any atom is 0.126 e. The summed E-state index contributed by atoms with van der Waals surface area (Å²) in [7, 11) is 6.08. The minimum atomic E-state index is 0.748. The van der Waals surface area contributed by atoms with Crippen LogP contribution in [0.5, 0.6) is 0 Å². The standard InChI is InChI=1S/C14H21N5/c1-11-13(9-17-19(11)4)8-16-14-7-12(5-6-15-14)10-18(2)3/h5-7,9H,8,10H2,1-4H3,(H,15,16). The Morgan fingerprint density at radius 1 is 1.37 bits per heavy atom. The molecular formula is C14H21N5. The maximum absolute atomic E-state index is 4.34. The lowest BCUT2D eigenvalue weighted by atomic mass is 10.2. The first-order chi connectivity index (χ1) is 9.06. The molecule has 102 valence electrons. The zero-order valence-corrected chi connectivity index (χ0v) is 12.0. The van der Waals surface area contributed by atoms with Crippen molar-refractivity contribution in [2.75, 3.05) is 19.4 Å². The van der Waals surface area contributed by atoms with Crippen LogP contribution in [-0.4, -0.2) is 33.8 Å². The molecule has 0 radical (unpaired) electrons. The molecule has 0 bridgehead atoms. The van der Waals surface area contributed by atoms with Crippen molar-refractivity contribution >= 4 is 5.82 Å². The predicted octanol–water partition coefficient (Wildman–Crippen LogP) is 1.80. The van der Waals surface area contributed by atoms with E-state index in [9.17, 15) is 0 Å². The summed E-state index contributed by atoms with van der Waals surface area (Å²) in [6.45, 7) is 3.74. The molecule has 2 aromatic heterocycles. The van der Waals surface area contributed by atoms with Gasteiger partial charge in [-0.05, 0) is 38.7 Å².